The molecule has 0 saturated carbocycles. The second kappa shape index (κ2) is 12.7. The summed E-state index contributed by atoms with van der Waals surface area (Å²) in [6, 6.07) is 21.1. The average molecular weight is 542 g/mol. The van der Waals surface area contributed by atoms with Crippen molar-refractivity contribution in [3.05, 3.63) is 95.0 Å². The first-order chi connectivity index (χ1) is 17.6. The van der Waals surface area contributed by atoms with Crippen molar-refractivity contribution in [1.29, 1.82) is 0 Å². The summed E-state index contributed by atoms with van der Waals surface area (Å²) in [6.45, 7) is 5.67. The summed E-state index contributed by atoms with van der Waals surface area (Å²) in [5.74, 6) is -0.818. The van der Waals surface area contributed by atoms with Crippen molar-refractivity contribution in [3.8, 4) is 0 Å². The number of halogens is 1. The fourth-order valence-electron chi connectivity index (χ4n) is 3.75. The predicted octanol–water partition coefficient (Wildman–Crippen LogP) is 4.79. The topological polar surface area (TPSA) is 86.8 Å². The van der Waals surface area contributed by atoms with Gasteiger partial charge >= 0.3 is 0 Å². The average Bonchev–Trinajstić information content (AvgIpc) is 2.89. The highest BCUT2D eigenvalue weighted by Gasteiger charge is 2.32. The molecule has 0 aliphatic carbocycles. The Morgan fingerprint density at radius 1 is 0.973 bits per heavy atom. The molecule has 0 unspecified atom stereocenters. The number of nitrogens with one attached hydrogen (secondary N) is 1. The van der Waals surface area contributed by atoms with E-state index in [4.69, 9.17) is 11.6 Å². The summed E-state index contributed by atoms with van der Waals surface area (Å²) in [5, 5.41) is 3.16. The predicted molar refractivity (Wildman–Crippen MR) is 147 cm³/mol. The van der Waals surface area contributed by atoms with Gasteiger partial charge in [0.15, 0.2) is 0 Å². The third kappa shape index (κ3) is 7.33. The molecule has 0 saturated heterocycles. The Morgan fingerprint density at radius 3 is 2.27 bits per heavy atom. The van der Waals surface area contributed by atoms with E-state index >= 15 is 0 Å². The lowest BCUT2D eigenvalue weighted by Gasteiger charge is -2.32. The molecule has 3 rings (SSSR count). The minimum absolute atomic E-state index is 0.0431. The van der Waals surface area contributed by atoms with Gasteiger partial charge in [-0.3, -0.25) is 13.9 Å². The molecule has 0 aromatic heterocycles. The largest absolute Gasteiger partial charge is 0.354 e. The van der Waals surface area contributed by atoms with E-state index < -0.39 is 28.5 Å². The van der Waals surface area contributed by atoms with Crippen LogP contribution in [-0.2, 0) is 26.2 Å². The molecule has 0 radical (unpaired) electrons. The van der Waals surface area contributed by atoms with Crippen LogP contribution in [0.25, 0.3) is 0 Å². The standard InChI is InChI=1S/C28H32ClN3O4S/c1-4-17-30-28(34)22(3)31(19-23-15-13-21(2)14-16-23)27(33)20-32(25-10-8-9-24(29)18-25)37(35,36)26-11-6-5-7-12-26/h5-16,18,22H,4,17,19-20H2,1-3H3,(H,30,34)/t22-/m1/s1. The summed E-state index contributed by atoms with van der Waals surface area (Å²) in [7, 11) is -4.11. The highest BCUT2D eigenvalue weighted by Crippen LogP contribution is 2.26. The molecule has 0 bridgehead atoms. The zero-order chi connectivity index (χ0) is 27.0. The Balaban J connectivity index is 2.00. The summed E-state index contributed by atoms with van der Waals surface area (Å²) < 4.78 is 28.4. The smallest absolute Gasteiger partial charge is 0.264 e. The maximum Gasteiger partial charge on any atom is 0.264 e. The van der Waals surface area contributed by atoms with E-state index in [9.17, 15) is 18.0 Å². The van der Waals surface area contributed by atoms with Crippen molar-refractivity contribution in [2.24, 2.45) is 0 Å². The van der Waals surface area contributed by atoms with E-state index in [1.807, 2.05) is 38.1 Å². The van der Waals surface area contributed by atoms with Crippen LogP contribution in [0.2, 0.25) is 5.02 Å². The number of hydrogen-bond acceptors (Lipinski definition) is 4. The number of hydrogen-bond donors (Lipinski definition) is 1. The van der Waals surface area contributed by atoms with Crippen molar-refractivity contribution < 1.29 is 18.0 Å². The Morgan fingerprint density at radius 2 is 1.65 bits per heavy atom. The van der Waals surface area contributed by atoms with E-state index in [1.54, 1.807) is 43.3 Å². The minimum Gasteiger partial charge on any atom is -0.354 e. The maximum absolute atomic E-state index is 13.8. The van der Waals surface area contributed by atoms with Gasteiger partial charge in [0.05, 0.1) is 10.6 Å². The Labute approximate surface area is 224 Å². The van der Waals surface area contributed by atoms with Gasteiger partial charge in [-0.25, -0.2) is 8.42 Å². The lowest BCUT2D eigenvalue weighted by Crippen LogP contribution is -2.51. The number of carbonyl (C=O) groups is 2. The quantitative estimate of drug-likeness (QED) is 0.378. The molecule has 196 valence electrons. The third-order valence-corrected chi connectivity index (χ3v) is 7.92. The van der Waals surface area contributed by atoms with Gasteiger partial charge in [0, 0.05) is 18.1 Å². The highest BCUT2D eigenvalue weighted by atomic mass is 35.5. The van der Waals surface area contributed by atoms with Gasteiger partial charge in [-0.15, -0.1) is 0 Å². The SMILES string of the molecule is CCCNC(=O)[C@@H](C)N(Cc1ccc(C)cc1)C(=O)CN(c1cccc(Cl)c1)S(=O)(=O)c1ccccc1. The molecule has 0 fully saturated rings. The number of sulfonamides is 1. The minimum atomic E-state index is -4.11. The molecule has 0 aliphatic rings. The number of benzene rings is 3. The second-order valence-corrected chi connectivity index (χ2v) is 11.1. The lowest BCUT2D eigenvalue weighted by atomic mass is 10.1. The van der Waals surface area contributed by atoms with Crippen molar-refractivity contribution in [1.82, 2.24) is 10.2 Å². The van der Waals surface area contributed by atoms with Gasteiger partial charge in [-0.2, -0.15) is 0 Å². The number of anilines is 1. The number of aryl methyl sites for hydroxylation is 1. The van der Waals surface area contributed by atoms with Crippen molar-refractivity contribution in [2.45, 2.75) is 44.7 Å². The molecule has 1 N–H and O–H groups in total. The van der Waals surface area contributed by atoms with Crippen molar-refractivity contribution in [3.63, 3.8) is 0 Å². The van der Waals surface area contributed by atoms with Crippen LogP contribution >= 0.6 is 11.6 Å². The van der Waals surface area contributed by atoms with E-state index in [0.29, 0.717) is 11.6 Å². The summed E-state index contributed by atoms with van der Waals surface area (Å²) in [5.41, 5.74) is 2.15. The monoisotopic (exact) mass is 541 g/mol. The normalized spacial score (nSPS) is 12.0. The van der Waals surface area contributed by atoms with Gasteiger partial charge in [0.25, 0.3) is 10.0 Å². The summed E-state index contributed by atoms with van der Waals surface area (Å²) >= 11 is 6.17. The Kier molecular flexibility index (Phi) is 9.72. The molecule has 9 heteroatoms. The van der Waals surface area contributed by atoms with Crippen LogP contribution in [0.1, 0.15) is 31.4 Å². The van der Waals surface area contributed by atoms with E-state index in [0.717, 1.165) is 21.9 Å². The molecule has 2 amide bonds. The molecule has 3 aromatic carbocycles. The number of amides is 2. The molecule has 1 atom stereocenters. The van der Waals surface area contributed by atoms with E-state index in [-0.39, 0.29) is 23.0 Å². The van der Waals surface area contributed by atoms with Crippen LogP contribution in [0.4, 0.5) is 5.69 Å². The maximum atomic E-state index is 13.8. The van der Waals surface area contributed by atoms with Gasteiger partial charge in [-0.1, -0.05) is 72.6 Å². The lowest BCUT2D eigenvalue weighted by molar-refractivity contribution is -0.139. The van der Waals surface area contributed by atoms with Crippen molar-refractivity contribution in [2.75, 3.05) is 17.4 Å². The van der Waals surface area contributed by atoms with Gasteiger partial charge in [-0.05, 0) is 56.2 Å². The molecular formula is C28H32ClN3O4S. The number of rotatable bonds is 11. The van der Waals surface area contributed by atoms with E-state index in [2.05, 4.69) is 5.32 Å². The molecule has 0 spiro atoms. The molecule has 3 aromatic rings. The summed E-state index contributed by atoms with van der Waals surface area (Å²) in [4.78, 5) is 28.1. The molecule has 0 aliphatic heterocycles. The molecule has 7 nitrogen and oxygen atoms in total. The van der Waals surface area contributed by atoms with Crippen LogP contribution in [0.3, 0.4) is 0 Å². The number of nitrogens with zero attached hydrogens (tertiary/aromatic N) is 2. The molecular weight excluding hydrogens is 510 g/mol. The highest BCUT2D eigenvalue weighted by molar-refractivity contribution is 7.92. The number of carbonyl (C=O) groups excluding carboxylic acids is 2. The second-order valence-electron chi connectivity index (χ2n) is 8.78. The van der Waals surface area contributed by atoms with Crippen LogP contribution in [0.15, 0.2) is 83.8 Å². The fraction of sp³-hybridized carbons (Fsp3) is 0.286. The van der Waals surface area contributed by atoms with Crippen LogP contribution < -0.4 is 9.62 Å². The first-order valence-corrected chi connectivity index (χ1v) is 13.9. The summed E-state index contributed by atoms with van der Waals surface area (Å²) in [6.07, 6.45) is 0.752. The third-order valence-electron chi connectivity index (χ3n) is 5.90. The van der Waals surface area contributed by atoms with E-state index in [1.165, 1.54) is 23.1 Å². The Hall–Kier alpha value is -3.36. The van der Waals surface area contributed by atoms with Crippen molar-refractivity contribution >= 4 is 39.1 Å². The fourth-order valence-corrected chi connectivity index (χ4v) is 5.36. The molecule has 37 heavy (non-hydrogen) atoms. The van der Waals surface area contributed by atoms with Crippen LogP contribution in [-0.4, -0.2) is 44.3 Å². The zero-order valence-electron chi connectivity index (χ0n) is 21.2. The van der Waals surface area contributed by atoms with Gasteiger partial charge in [0.2, 0.25) is 11.8 Å². The first kappa shape index (κ1) is 28.2. The van der Waals surface area contributed by atoms with Gasteiger partial charge < -0.3 is 10.2 Å². The van der Waals surface area contributed by atoms with Crippen LogP contribution in [0, 0.1) is 6.92 Å². The zero-order valence-corrected chi connectivity index (χ0v) is 22.8. The molecule has 0 heterocycles. The van der Waals surface area contributed by atoms with Crippen LogP contribution in [0.5, 0.6) is 0 Å². The van der Waals surface area contributed by atoms with Gasteiger partial charge in [0.1, 0.15) is 12.6 Å². The first-order valence-electron chi connectivity index (χ1n) is 12.1. The Bertz CT molecular complexity index is 1310.